The summed E-state index contributed by atoms with van der Waals surface area (Å²) >= 11 is 1.40. The van der Waals surface area contributed by atoms with E-state index in [4.69, 9.17) is 10.2 Å². The molecular formula is C18H21N3OS. The summed E-state index contributed by atoms with van der Waals surface area (Å²) in [4.78, 5) is 18.3. The molecule has 0 aliphatic heterocycles. The second-order valence-electron chi connectivity index (χ2n) is 7.25. The van der Waals surface area contributed by atoms with E-state index in [1.54, 1.807) is 0 Å². The molecule has 4 nitrogen and oxygen atoms in total. The van der Waals surface area contributed by atoms with E-state index in [1.165, 1.54) is 29.0 Å². The number of rotatable bonds is 2. The van der Waals surface area contributed by atoms with Gasteiger partial charge in [-0.2, -0.15) is 5.26 Å². The maximum absolute atomic E-state index is 12.0. The van der Waals surface area contributed by atoms with Crippen molar-refractivity contribution in [1.82, 2.24) is 10.3 Å². The molecule has 1 unspecified atom stereocenters. The first-order valence-corrected chi connectivity index (χ1v) is 8.77. The second kappa shape index (κ2) is 5.93. The van der Waals surface area contributed by atoms with Crippen LogP contribution in [0.2, 0.25) is 0 Å². The zero-order chi connectivity index (χ0) is 16.6. The molecule has 0 aromatic carbocycles. The van der Waals surface area contributed by atoms with E-state index in [9.17, 15) is 4.79 Å². The summed E-state index contributed by atoms with van der Waals surface area (Å²) in [6.07, 6.45) is 3.25. The predicted octanol–water partition coefficient (Wildman–Crippen LogP) is 3.70. The van der Waals surface area contributed by atoms with Crippen molar-refractivity contribution in [3.05, 3.63) is 28.3 Å². The van der Waals surface area contributed by atoms with Gasteiger partial charge in [-0.3, -0.25) is 4.79 Å². The van der Waals surface area contributed by atoms with Crippen LogP contribution in [0.15, 0.2) is 12.1 Å². The minimum Gasteiger partial charge on any atom is -0.338 e. The van der Waals surface area contributed by atoms with Crippen LogP contribution >= 0.6 is 11.3 Å². The van der Waals surface area contributed by atoms with Gasteiger partial charge in [-0.15, -0.1) is 11.3 Å². The van der Waals surface area contributed by atoms with Gasteiger partial charge in [0, 0.05) is 11.1 Å². The summed E-state index contributed by atoms with van der Waals surface area (Å²) in [6.45, 7) is 6.94. The molecule has 0 bridgehead atoms. The average Bonchev–Trinajstić information content (AvgIpc) is 2.91. The molecule has 120 valence electrons. The number of carbonyl (C=O) groups excluding carboxylic acids is 1. The Morgan fingerprint density at radius 1 is 1.48 bits per heavy atom. The highest BCUT2D eigenvalue weighted by Gasteiger charge is 2.29. The van der Waals surface area contributed by atoms with Gasteiger partial charge < -0.3 is 5.32 Å². The SMILES string of the molecule is CC(C)(C)C1CCc2nc3sc(C(=O)NCC#N)cc3cc2C1. The van der Waals surface area contributed by atoms with Gasteiger partial charge in [0.1, 0.15) is 11.4 Å². The molecule has 0 fully saturated rings. The van der Waals surface area contributed by atoms with Crippen molar-refractivity contribution in [2.75, 3.05) is 6.54 Å². The molecule has 1 atom stereocenters. The largest absolute Gasteiger partial charge is 0.338 e. The number of nitrogens with zero attached hydrogens (tertiary/aromatic N) is 2. The third-order valence-corrected chi connectivity index (χ3v) is 5.69. The molecule has 5 heteroatoms. The first-order chi connectivity index (χ1) is 10.9. The average molecular weight is 327 g/mol. The van der Waals surface area contributed by atoms with Crippen molar-refractivity contribution >= 4 is 27.5 Å². The monoisotopic (exact) mass is 327 g/mol. The Morgan fingerprint density at radius 3 is 2.96 bits per heavy atom. The summed E-state index contributed by atoms with van der Waals surface area (Å²) in [5.41, 5.74) is 2.82. The molecule has 1 amide bonds. The molecule has 1 N–H and O–H groups in total. The molecule has 1 aliphatic rings. The minimum atomic E-state index is -0.194. The molecule has 3 rings (SSSR count). The van der Waals surface area contributed by atoms with Gasteiger partial charge in [0.25, 0.3) is 5.91 Å². The molecule has 1 aliphatic carbocycles. The molecule has 2 aromatic heterocycles. The fourth-order valence-electron chi connectivity index (χ4n) is 3.18. The predicted molar refractivity (Wildman–Crippen MR) is 92.5 cm³/mol. The van der Waals surface area contributed by atoms with Crippen LogP contribution in [0.5, 0.6) is 0 Å². The molecule has 0 radical (unpaired) electrons. The third kappa shape index (κ3) is 3.23. The summed E-state index contributed by atoms with van der Waals surface area (Å²) in [5, 5.41) is 12.2. The zero-order valence-corrected chi connectivity index (χ0v) is 14.6. The normalized spacial score (nSPS) is 17.6. The van der Waals surface area contributed by atoms with Gasteiger partial charge in [0.2, 0.25) is 0 Å². The van der Waals surface area contributed by atoms with Crippen LogP contribution in [-0.2, 0) is 12.8 Å². The van der Waals surface area contributed by atoms with E-state index in [0.29, 0.717) is 16.2 Å². The van der Waals surface area contributed by atoms with Crippen LogP contribution in [0.3, 0.4) is 0 Å². The number of aryl methyl sites for hydroxylation is 1. The fourth-order valence-corrected chi connectivity index (χ4v) is 4.13. The summed E-state index contributed by atoms with van der Waals surface area (Å²) in [7, 11) is 0. The standard InChI is InChI=1S/C18H21N3OS/c1-18(2,3)13-4-5-14-11(9-13)8-12-10-15(23-17(12)21-14)16(22)20-7-6-19/h8,10,13H,4-5,7,9H2,1-3H3,(H,20,22). The molecule has 2 aromatic rings. The quantitative estimate of drug-likeness (QED) is 0.855. The number of nitriles is 1. The van der Waals surface area contributed by atoms with Crippen molar-refractivity contribution in [3.8, 4) is 6.07 Å². The highest BCUT2D eigenvalue weighted by Crippen LogP contribution is 2.38. The molecule has 0 saturated carbocycles. The molecule has 0 spiro atoms. The number of aromatic nitrogens is 1. The van der Waals surface area contributed by atoms with Gasteiger partial charge >= 0.3 is 0 Å². The first-order valence-electron chi connectivity index (χ1n) is 7.96. The van der Waals surface area contributed by atoms with E-state index < -0.39 is 0 Å². The Kier molecular flexibility index (Phi) is 4.11. The number of fused-ring (bicyclic) bond motifs is 2. The lowest BCUT2D eigenvalue weighted by Crippen LogP contribution is -2.27. The number of amides is 1. The highest BCUT2D eigenvalue weighted by atomic mass is 32.1. The molecule has 23 heavy (non-hydrogen) atoms. The first kappa shape index (κ1) is 15.9. The number of nitrogens with one attached hydrogen (secondary N) is 1. The van der Waals surface area contributed by atoms with Crippen molar-refractivity contribution < 1.29 is 4.79 Å². The van der Waals surface area contributed by atoms with Gasteiger partial charge in [0.05, 0.1) is 10.9 Å². The van der Waals surface area contributed by atoms with Crippen LogP contribution in [0.1, 0.15) is 48.1 Å². The maximum Gasteiger partial charge on any atom is 0.262 e. The molecular weight excluding hydrogens is 306 g/mol. The second-order valence-corrected chi connectivity index (χ2v) is 8.28. The Labute approximate surface area is 140 Å². The van der Waals surface area contributed by atoms with Crippen molar-refractivity contribution in [1.29, 1.82) is 5.26 Å². The Bertz CT molecular complexity index is 795. The summed E-state index contributed by atoms with van der Waals surface area (Å²) in [6, 6.07) is 6.01. The lowest BCUT2D eigenvalue weighted by atomic mass is 9.71. The minimum absolute atomic E-state index is 0.0320. The Morgan fingerprint density at radius 2 is 2.26 bits per heavy atom. The van der Waals surface area contributed by atoms with Crippen LogP contribution in [-0.4, -0.2) is 17.4 Å². The summed E-state index contributed by atoms with van der Waals surface area (Å²) < 4.78 is 0. The van der Waals surface area contributed by atoms with E-state index in [1.807, 2.05) is 12.1 Å². The molecule has 2 heterocycles. The highest BCUT2D eigenvalue weighted by molar-refractivity contribution is 7.20. The Balaban J connectivity index is 1.91. The van der Waals surface area contributed by atoms with E-state index in [-0.39, 0.29) is 12.5 Å². The van der Waals surface area contributed by atoms with Crippen molar-refractivity contribution in [3.63, 3.8) is 0 Å². The van der Waals surface area contributed by atoms with E-state index in [0.717, 1.165) is 23.1 Å². The Hall–Kier alpha value is -1.93. The van der Waals surface area contributed by atoms with Crippen LogP contribution in [0, 0.1) is 22.7 Å². The number of hydrogen-bond donors (Lipinski definition) is 1. The van der Waals surface area contributed by atoms with Gasteiger partial charge in [-0.05, 0) is 48.3 Å². The van der Waals surface area contributed by atoms with Crippen LogP contribution in [0.4, 0.5) is 0 Å². The van der Waals surface area contributed by atoms with Gasteiger partial charge in [-0.25, -0.2) is 4.98 Å². The van der Waals surface area contributed by atoms with E-state index in [2.05, 4.69) is 32.2 Å². The smallest absolute Gasteiger partial charge is 0.262 e. The van der Waals surface area contributed by atoms with Gasteiger partial charge in [0.15, 0.2) is 0 Å². The zero-order valence-electron chi connectivity index (χ0n) is 13.8. The lowest BCUT2D eigenvalue weighted by Gasteiger charge is -2.34. The lowest BCUT2D eigenvalue weighted by molar-refractivity contribution is 0.0962. The van der Waals surface area contributed by atoms with Crippen LogP contribution < -0.4 is 5.32 Å². The maximum atomic E-state index is 12.0. The topological polar surface area (TPSA) is 65.8 Å². The third-order valence-electron chi connectivity index (χ3n) is 4.65. The molecule has 0 saturated heterocycles. The van der Waals surface area contributed by atoms with Crippen molar-refractivity contribution in [2.45, 2.75) is 40.0 Å². The van der Waals surface area contributed by atoms with Crippen molar-refractivity contribution in [2.24, 2.45) is 11.3 Å². The summed E-state index contributed by atoms with van der Waals surface area (Å²) in [5.74, 6) is 0.478. The number of hydrogen-bond acceptors (Lipinski definition) is 4. The van der Waals surface area contributed by atoms with E-state index >= 15 is 0 Å². The fraction of sp³-hybridized carbons (Fsp3) is 0.500. The van der Waals surface area contributed by atoms with Crippen LogP contribution in [0.25, 0.3) is 10.2 Å². The number of thiophene rings is 1. The number of pyridine rings is 1. The van der Waals surface area contributed by atoms with Gasteiger partial charge in [-0.1, -0.05) is 20.8 Å². The number of carbonyl (C=O) groups is 1.